The van der Waals surface area contributed by atoms with E-state index in [4.69, 9.17) is 4.74 Å². The molecule has 3 rings (SSSR count). The lowest BCUT2D eigenvalue weighted by Crippen LogP contribution is -2.54. The molecule has 0 saturated carbocycles. The van der Waals surface area contributed by atoms with E-state index in [-0.39, 0.29) is 29.8 Å². The third-order valence-electron chi connectivity index (χ3n) is 4.78. The van der Waals surface area contributed by atoms with Crippen LogP contribution >= 0.6 is 0 Å². The highest BCUT2D eigenvalue weighted by atomic mass is 16.5. The molecule has 0 aliphatic carbocycles. The van der Waals surface area contributed by atoms with E-state index < -0.39 is 35.6 Å². The van der Waals surface area contributed by atoms with Gasteiger partial charge in [0.15, 0.2) is 0 Å². The van der Waals surface area contributed by atoms with Gasteiger partial charge in [0.05, 0.1) is 24.3 Å². The van der Waals surface area contributed by atoms with Gasteiger partial charge in [-0.15, -0.1) is 0 Å². The van der Waals surface area contributed by atoms with Crippen molar-refractivity contribution in [3.63, 3.8) is 0 Å². The van der Waals surface area contributed by atoms with Gasteiger partial charge in [-0.05, 0) is 50.2 Å². The van der Waals surface area contributed by atoms with Crippen LogP contribution in [-0.4, -0.2) is 52.2 Å². The van der Waals surface area contributed by atoms with Gasteiger partial charge in [-0.25, -0.2) is 14.7 Å². The molecule has 1 fully saturated rings. The first-order chi connectivity index (χ1) is 15.9. The van der Waals surface area contributed by atoms with Crippen LogP contribution < -0.4 is 10.3 Å². The van der Waals surface area contributed by atoms with E-state index >= 15 is 0 Å². The Morgan fingerprint density at radius 2 is 1.79 bits per heavy atom. The van der Waals surface area contributed by atoms with Crippen LogP contribution in [0, 0.1) is 0 Å². The van der Waals surface area contributed by atoms with Crippen LogP contribution in [0.3, 0.4) is 0 Å². The van der Waals surface area contributed by atoms with Crippen molar-refractivity contribution in [1.29, 1.82) is 0 Å². The Hall–Kier alpha value is -4.34. The topological polar surface area (TPSA) is 126 Å². The maximum absolute atomic E-state index is 13.1. The quantitative estimate of drug-likeness (QED) is 0.307. The van der Waals surface area contributed by atoms with E-state index in [1.165, 1.54) is 60.9 Å². The van der Waals surface area contributed by atoms with E-state index in [1.807, 2.05) is 0 Å². The number of nitrogens with one attached hydrogen (secondary N) is 1. The number of hydrogen-bond acceptors (Lipinski definition) is 7. The number of amides is 4. The molecule has 0 spiro atoms. The number of ether oxygens (including phenoxy) is 1. The van der Waals surface area contributed by atoms with Crippen LogP contribution in [0.15, 0.2) is 60.9 Å². The average molecular weight is 450 g/mol. The number of allylic oxidation sites excluding steroid dienone is 1. The summed E-state index contributed by atoms with van der Waals surface area (Å²) >= 11 is 0. The van der Waals surface area contributed by atoms with Crippen molar-refractivity contribution in [2.24, 2.45) is 0 Å². The molecule has 0 bridgehead atoms. The zero-order valence-corrected chi connectivity index (χ0v) is 18.1. The molecule has 1 unspecified atom stereocenters. The molecule has 170 valence electrons. The van der Waals surface area contributed by atoms with Crippen LogP contribution in [0.4, 0.5) is 5.69 Å². The summed E-state index contributed by atoms with van der Waals surface area (Å²) in [5, 5.41) is 0.857. The Labute approximate surface area is 189 Å². The van der Waals surface area contributed by atoms with Gasteiger partial charge >= 0.3 is 5.97 Å². The Balaban J connectivity index is 1.85. The molecule has 1 aliphatic rings. The van der Waals surface area contributed by atoms with Crippen LogP contribution in [0.2, 0.25) is 0 Å². The van der Waals surface area contributed by atoms with Crippen LogP contribution in [-0.2, 0) is 19.1 Å². The number of benzene rings is 1. The van der Waals surface area contributed by atoms with Crippen LogP contribution in [0.1, 0.15) is 41.0 Å². The monoisotopic (exact) mass is 450 g/mol. The van der Waals surface area contributed by atoms with E-state index in [1.54, 1.807) is 13.8 Å². The predicted octanol–water partition coefficient (Wildman–Crippen LogP) is 1.64. The fourth-order valence-corrected chi connectivity index (χ4v) is 3.24. The van der Waals surface area contributed by atoms with Crippen molar-refractivity contribution < 1.29 is 28.7 Å². The van der Waals surface area contributed by atoms with Crippen LogP contribution in [0.25, 0.3) is 0 Å². The zero-order valence-electron chi connectivity index (χ0n) is 18.1. The van der Waals surface area contributed by atoms with E-state index in [2.05, 4.69) is 10.4 Å². The van der Waals surface area contributed by atoms with Crippen molar-refractivity contribution in [3.05, 3.63) is 72.1 Å². The Morgan fingerprint density at radius 3 is 2.39 bits per heavy atom. The number of hydrogen-bond donors (Lipinski definition) is 1. The highest BCUT2D eigenvalue weighted by Gasteiger charge is 2.45. The number of esters is 1. The van der Waals surface area contributed by atoms with Gasteiger partial charge < -0.3 is 4.74 Å². The number of imide groups is 1. The minimum Gasteiger partial charge on any atom is -0.462 e. The van der Waals surface area contributed by atoms with Crippen molar-refractivity contribution >= 4 is 35.3 Å². The highest BCUT2D eigenvalue weighted by Crippen LogP contribution is 2.26. The fraction of sp³-hybridized carbons (Fsp3) is 0.217. The lowest BCUT2D eigenvalue weighted by Gasteiger charge is -2.26. The van der Waals surface area contributed by atoms with Gasteiger partial charge in [0.2, 0.25) is 5.91 Å². The Bertz CT molecular complexity index is 1100. The number of carbonyl (C=O) groups excluding carboxylic acids is 5. The van der Waals surface area contributed by atoms with Gasteiger partial charge in [0.1, 0.15) is 6.04 Å². The summed E-state index contributed by atoms with van der Waals surface area (Å²) in [6.07, 6.45) is 5.15. The normalized spacial score (nSPS) is 15.6. The molecule has 0 radical (unpaired) electrons. The zero-order chi connectivity index (χ0) is 24.0. The van der Waals surface area contributed by atoms with Crippen molar-refractivity contribution in [2.75, 3.05) is 11.5 Å². The minimum absolute atomic E-state index is 0.215. The van der Waals surface area contributed by atoms with E-state index in [9.17, 15) is 24.0 Å². The lowest BCUT2D eigenvalue weighted by atomic mass is 10.2. The molecule has 4 amide bonds. The molecule has 1 aliphatic heterocycles. The summed E-state index contributed by atoms with van der Waals surface area (Å²) in [4.78, 5) is 67.7. The van der Waals surface area contributed by atoms with Gasteiger partial charge in [-0.3, -0.25) is 29.6 Å². The highest BCUT2D eigenvalue weighted by molar-refractivity contribution is 6.23. The molecule has 1 aromatic carbocycles. The van der Waals surface area contributed by atoms with Crippen molar-refractivity contribution in [1.82, 2.24) is 15.4 Å². The second-order valence-electron chi connectivity index (χ2n) is 6.94. The maximum atomic E-state index is 13.1. The number of aromatic nitrogens is 1. The Kier molecular flexibility index (Phi) is 7.29. The summed E-state index contributed by atoms with van der Waals surface area (Å²) in [7, 11) is 0. The number of rotatable bonds is 6. The third-order valence-corrected chi connectivity index (χ3v) is 4.78. The summed E-state index contributed by atoms with van der Waals surface area (Å²) in [6.45, 7) is 3.51. The maximum Gasteiger partial charge on any atom is 0.338 e. The van der Waals surface area contributed by atoms with Gasteiger partial charge in [0, 0.05) is 24.0 Å². The fourth-order valence-electron chi connectivity index (χ4n) is 3.24. The molecule has 1 aromatic heterocycles. The first-order valence-corrected chi connectivity index (χ1v) is 10.2. The number of anilines is 1. The summed E-state index contributed by atoms with van der Waals surface area (Å²) < 4.78 is 4.93. The van der Waals surface area contributed by atoms with E-state index in [0.717, 1.165) is 9.91 Å². The smallest absolute Gasteiger partial charge is 0.338 e. The SMILES string of the molecule is CC=CC(=O)N(NC(=O)c1ccncc1)C1CC(=O)N(c2ccc(C(=O)OCC)cc2)C1=O. The number of carbonyl (C=O) groups is 5. The number of pyridine rings is 1. The van der Waals surface area contributed by atoms with Crippen molar-refractivity contribution in [2.45, 2.75) is 26.3 Å². The predicted molar refractivity (Wildman–Crippen MR) is 117 cm³/mol. The van der Waals surface area contributed by atoms with Gasteiger partial charge in [-0.1, -0.05) is 6.08 Å². The number of hydrazine groups is 1. The molecule has 33 heavy (non-hydrogen) atoms. The largest absolute Gasteiger partial charge is 0.462 e. The van der Waals surface area contributed by atoms with E-state index in [0.29, 0.717) is 0 Å². The minimum atomic E-state index is -1.24. The second kappa shape index (κ2) is 10.3. The molecule has 2 heterocycles. The Morgan fingerprint density at radius 1 is 1.12 bits per heavy atom. The molecule has 10 heteroatoms. The van der Waals surface area contributed by atoms with Gasteiger partial charge in [-0.2, -0.15) is 0 Å². The first-order valence-electron chi connectivity index (χ1n) is 10.2. The molecule has 10 nitrogen and oxygen atoms in total. The molecule has 1 N–H and O–H groups in total. The molecule has 1 atom stereocenters. The number of nitrogens with zero attached hydrogens (tertiary/aromatic N) is 3. The lowest BCUT2D eigenvalue weighted by molar-refractivity contribution is -0.137. The van der Waals surface area contributed by atoms with Crippen molar-refractivity contribution in [3.8, 4) is 0 Å². The third kappa shape index (κ3) is 5.12. The molecular weight excluding hydrogens is 428 g/mol. The first kappa shape index (κ1) is 23.3. The summed E-state index contributed by atoms with van der Waals surface area (Å²) in [5.41, 5.74) is 3.16. The molecular formula is C23H22N4O6. The standard InChI is InChI=1S/C23H22N4O6/c1-3-5-19(28)27(25-21(30)15-10-12-24-13-11-15)18-14-20(29)26(22(18)31)17-8-6-16(7-9-17)23(32)33-4-2/h3,5-13,18H,4,14H2,1-2H3,(H,25,30). The van der Waals surface area contributed by atoms with Gasteiger partial charge in [0.25, 0.3) is 17.7 Å². The van der Waals surface area contributed by atoms with Crippen LogP contribution in [0.5, 0.6) is 0 Å². The molecule has 2 aromatic rings. The second-order valence-corrected chi connectivity index (χ2v) is 6.94. The summed E-state index contributed by atoms with van der Waals surface area (Å²) in [6, 6.07) is 7.43. The molecule has 1 saturated heterocycles. The summed E-state index contributed by atoms with van der Waals surface area (Å²) in [5.74, 6) is -3.05. The average Bonchev–Trinajstić information content (AvgIpc) is 3.11.